The second kappa shape index (κ2) is 5.41. The molecular weight excluding hydrogens is 222 g/mol. The SMILES string of the molecule is Cc1cccc(C#N)c1N1CCC(C)CC1CN. The standard InChI is InChI=1S/C15H21N3/c1-11-6-7-18(14(8-11)10-17)15-12(2)4-3-5-13(15)9-16/h3-5,11,14H,6-8,10,17H2,1-2H3. The van der Waals surface area contributed by atoms with Gasteiger partial charge in [-0.2, -0.15) is 5.26 Å². The highest BCUT2D eigenvalue weighted by Gasteiger charge is 2.27. The summed E-state index contributed by atoms with van der Waals surface area (Å²) in [5.41, 5.74) is 8.93. The number of rotatable bonds is 2. The number of anilines is 1. The van der Waals surface area contributed by atoms with Crippen molar-refractivity contribution in [1.29, 1.82) is 5.26 Å². The van der Waals surface area contributed by atoms with E-state index in [2.05, 4.69) is 30.9 Å². The molecule has 18 heavy (non-hydrogen) atoms. The van der Waals surface area contributed by atoms with Crippen LogP contribution in [0.1, 0.15) is 30.9 Å². The molecule has 1 aliphatic heterocycles. The third-order valence-electron chi connectivity index (χ3n) is 3.90. The first-order valence-electron chi connectivity index (χ1n) is 6.63. The van der Waals surface area contributed by atoms with Crippen molar-refractivity contribution in [3.8, 4) is 6.07 Å². The van der Waals surface area contributed by atoms with Crippen molar-refractivity contribution < 1.29 is 0 Å². The van der Waals surface area contributed by atoms with Crippen molar-refractivity contribution in [2.24, 2.45) is 11.7 Å². The van der Waals surface area contributed by atoms with E-state index in [0.29, 0.717) is 12.6 Å². The van der Waals surface area contributed by atoms with Crippen LogP contribution in [0.5, 0.6) is 0 Å². The summed E-state index contributed by atoms with van der Waals surface area (Å²) in [6, 6.07) is 8.58. The Hall–Kier alpha value is -1.53. The monoisotopic (exact) mass is 243 g/mol. The first-order valence-corrected chi connectivity index (χ1v) is 6.63. The topological polar surface area (TPSA) is 53.0 Å². The minimum absolute atomic E-state index is 0.363. The van der Waals surface area contributed by atoms with Crippen LogP contribution >= 0.6 is 0 Å². The lowest BCUT2D eigenvalue weighted by Crippen LogP contribution is -2.47. The minimum atomic E-state index is 0.363. The van der Waals surface area contributed by atoms with Crippen LogP contribution in [0.3, 0.4) is 0 Å². The number of nitrogens with zero attached hydrogens (tertiary/aromatic N) is 2. The highest BCUT2D eigenvalue weighted by molar-refractivity contribution is 5.64. The second-order valence-corrected chi connectivity index (χ2v) is 5.30. The average Bonchev–Trinajstić information content (AvgIpc) is 2.38. The summed E-state index contributed by atoms with van der Waals surface area (Å²) in [6.07, 6.45) is 2.30. The first kappa shape index (κ1) is 12.9. The molecule has 1 fully saturated rings. The number of nitriles is 1. The summed E-state index contributed by atoms with van der Waals surface area (Å²) in [4.78, 5) is 2.34. The van der Waals surface area contributed by atoms with E-state index in [1.165, 1.54) is 12.0 Å². The Morgan fingerprint density at radius 3 is 2.94 bits per heavy atom. The molecule has 0 radical (unpaired) electrons. The molecule has 0 aliphatic carbocycles. The molecular formula is C15H21N3. The maximum Gasteiger partial charge on any atom is 0.101 e. The van der Waals surface area contributed by atoms with E-state index in [4.69, 9.17) is 5.73 Å². The molecule has 3 nitrogen and oxygen atoms in total. The van der Waals surface area contributed by atoms with Gasteiger partial charge in [-0.3, -0.25) is 0 Å². The van der Waals surface area contributed by atoms with Crippen molar-refractivity contribution >= 4 is 5.69 Å². The Balaban J connectivity index is 2.39. The molecule has 1 saturated heterocycles. The molecule has 0 saturated carbocycles. The molecule has 0 spiro atoms. The summed E-state index contributed by atoms with van der Waals surface area (Å²) in [5, 5.41) is 9.28. The number of benzene rings is 1. The Morgan fingerprint density at radius 1 is 1.50 bits per heavy atom. The molecule has 2 unspecified atom stereocenters. The summed E-state index contributed by atoms with van der Waals surface area (Å²) in [7, 11) is 0. The van der Waals surface area contributed by atoms with Crippen molar-refractivity contribution in [3.63, 3.8) is 0 Å². The van der Waals surface area contributed by atoms with Crippen LogP contribution < -0.4 is 10.6 Å². The van der Waals surface area contributed by atoms with Gasteiger partial charge < -0.3 is 10.6 Å². The van der Waals surface area contributed by atoms with Crippen LogP contribution in [0.4, 0.5) is 5.69 Å². The summed E-state index contributed by atoms with van der Waals surface area (Å²) >= 11 is 0. The van der Waals surface area contributed by atoms with E-state index in [9.17, 15) is 5.26 Å². The van der Waals surface area contributed by atoms with E-state index < -0.39 is 0 Å². The van der Waals surface area contributed by atoms with Crippen molar-refractivity contribution in [3.05, 3.63) is 29.3 Å². The van der Waals surface area contributed by atoms with E-state index in [-0.39, 0.29) is 0 Å². The molecule has 0 aromatic heterocycles. The predicted octanol–water partition coefficient (Wildman–Crippen LogP) is 2.43. The summed E-state index contributed by atoms with van der Waals surface area (Å²) < 4.78 is 0. The first-order chi connectivity index (χ1) is 8.67. The zero-order valence-corrected chi connectivity index (χ0v) is 11.2. The zero-order valence-electron chi connectivity index (χ0n) is 11.2. The maximum atomic E-state index is 9.28. The Labute approximate surface area is 109 Å². The van der Waals surface area contributed by atoms with Gasteiger partial charge in [-0.25, -0.2) is 0 Å². The van der Waals surface area contributed by atoms with Gasteiger partial charge >= 0.3 is 0 Å². The van der Waals surface area contributed by atoms with E-state index in [1.54, 1.807) is 0 Å². The normalized spacial score (nSPS) is 23.8. The zero-order chi connectivity index (χ0) is 13.1. The Bertz CT molecular complexity index is 461. The number of hydrogen-bond donors (Lipinski definition) is 1. The number of hydrogen-bond acceptors (Lipinski definition) is 3. The highest BCUT2D eigenvalue weighted by Crippen LogP contribution is 2.32. The van der Waals surface area contributed by atoms with Crippen LogP contribution in [0.2, 0.25) is 0 Å². The smallest absolute Gasteiger partial charge is 0.101 e. The second-order valence-electron chi connectivity index (χ2n) is 5.30. The van der Waals surface area contributed by atoms with E-state index in [1.807, 2.05) is 12.1 Å². The van der Waals surface area contributed by atoms with Gasteiger partial charge in [0, 0.05) is 19.1 Å². The number of piperidine rings is 1. The van der Waals surface area contributed by atoms with Crippen LogP contribution in [-0.4, -0.2) is 19.1 Å². The third-order valence-corrected chi connectivity index (χ3v) is 3.90. The molecule has 3 heteroatoms. The van der Waals surface area contributed by atoms with Crippen LogP contribution in [0.25, 0.3) is 0 Å². The quantitative estimate of drug-likeness (QED) is 0.868. The molecule has 1 heterocycles. The van der Waals surface area contributed by atoms with Gasteiger partial charge in [-0.05, 0) is 37.3 Å². The largest absolute Gasteiger partial charge is 0.366 e. The molecule has 2 rings (SSSR count). The minimum Gasteiger partial charge on any atom is -0.366 e. The maximum absolute atomic E-state index is 9.28. The summed E-state index contributed by atoms with van der Waals surface area (Å²) in [5.74, 6) is 0.726. The van der Waals surface area contributed by atoms with E-state index >= 15 is 0 Å². The molecule has 1 aromatic rings. The van der Waals surface area contributed by atoms with Gasteiger partial charge in [0.05, 0.1) is 11.3 Å². The van der Waals surface area contributed by atoms with Gasteiger partial charge in [0.25, 0.3) is 0 Å². The third kappa shape index (κ3) is 2.34. The lowest BCUT2D eigenvalue weighted by Gasteiger charge is -2.40. The lowest BCUT2D eigenvalue weighted by molar-refractivity contribution is 0.366. The van der Waals surface area contributed by atoms with E-state index in [0.717, 1.165) is 30.1 Å². The van der Waals surface area contributed by atoms with Gasteiger partial charge in [-0.15, -0.1) is 0 Å². The summed E-state index contributed by atoms with van der Waals surface area (Å²) in [6.45, 7) is 6.01. The fourth-order valence-electron chi connectivity index (χ4n) is 2.90. The molecule has 0 amide bonds. The fraction of sp³-hybridized carbons (Fsp3) is 0.533. The van der Waals surface area contributed by atoms with Gasteiger partial charge in [-0.1, -0.05) is 19.1 Å². The molecule has 1 aliphatic rings. The van der Waals surface area contributed by atoms with Crippen LogP contribution in [-0.2, 0) is 0 Å². The number of aryl methyl sites for hydroxylation is 1. The van der Waals surface area contributed by atoms with Crippen LogP contribution in [0.15, 0.2) is 18.2 Å². The number of para-hydroxylation sites is 1. The average molecular weight is 243 g/mol. The van der Waals surface area contributed by atoms with Gasteiger partial charge in [0.2, 0.25) is 0 Å². The van der Waals surface area contributed by atoms with Crippen LogP contribution in [0, 0.1) is 24.2 Å². The molecule has 2 N–H and O–H groups in total. The van der Waals surface area contributed by atoms with Gasteiger partial charge in [0.1, 0.15) is 6.07 Å². The van der Waals surface area contributed by atoms with Gasteiger partial charge in [0.15, 0.2) is 0 Å². The van der Waals surface area contributed by atoms with Crippen molar-refractivity contribution in [2.75, 3.05) is 18.0 Å². The Morgan fingerprint density at radius 2 is 2.28 bits per heavy atom. The molecule has 1 aromatic carbocycles. The Kier molecular flexibility index (Phi) is 3.88. The van der Waals surface area contributed by atoms with Crippen molar-refractivity contribution in [2.45, 2.75) is 32.7 Å². The lowest BCUT2D eigenvalue weighted by atomic mass is 9.91. The predicted molar refractivity (Wildman–Crippen MR) is 74.5 cm³/mol. The highest BCUT2D eigenvalue weighted by atomic mass is 15.2. The van der Waals surface area contributed by atoms with Crippen molar-refractivity contribution in [1.82, 2.24) is 0 Å². The molecule has 0 bridgehead atoms. The molecule has 96 valence electrons. The molecule has 2 atom stereocenters. The number of nitrogens with two attached hydrogens (primary N) is 1. The fourth-order valence-corrected chi connectivity index (χ4v) is 2.90.